The minimum absolute atomic E-state index is 0.0163. The van der Waals surface area contributed by atoms with Gasteiger partial charge >= 0.3 is 6.03 Å². The largest absolute Gasteiger partial charge is 0.494 e. The molecule has 28 heavy (non-hydrogen) atoms. The van der Waals surface area contributed by atoms with Crippen molar-refractivity contribution in [3.63, 3.8) is 0 Å². The number of methoxy groups -OCH3 is 1. The van der Waals surface area contributed by atoms with Gasteiger partial charge in [0.1, 0.15) is 5.75 Å². The van der Waals surface area contributed by atoms with Gasteiger partial charge in [-0.3, -0.25) is 9.00 Å². The highest BCUT2D eigenvalue weighted by Gasteiger charge is 2.30. The summed E-state index contributed by atoms with van der Waals surface area (Å²) in [5.74, 6) is 1.25. The van der Waals surface area contributed by atoms with Crippen LogP contribution in [0.3, 0.4) is 0 Å². The van der Waals surface area contributed by atoms with Crippen molar-refractivity contribution in [2.24, 2.45) is 0 Å². The molecule has 2 aliphatic rings. The fourth-order valence-electron chi connectivity index (χ4n) is 4.01. The van der Waals surface area contributed by atoms with E-state index in [1.165, 1.54) is 0 Å². The van der Waals surface area contributed by atoms with Crippen molar-refractivity contribution in [3.8, 4) is 5.75 Å². The van der Waals surface area contributed by atoms with E-state index in [-0.39, 0.29) is 23.2 Å². The molecule has 1 aromatic carbocycles. The van der Waals surface area contributed by atoms with Crippen molar-refractivity contribution < 1.29 is 18.5 Å². The molecule has 0 aromatic heterocycles. The highest BCUT2D eigenvalue weighted by molar-refractivity contribution is 7.85. The molecule has 0 bridgehead atoms. The zero-order valence-corrected chi connectivity index (χ0v) is 17.3. The average Bonchev–Trinajstić information content (AvgIpc) is 3.13. The maximum Gasteiger partial charge on any atom is 0.319 e. The van der Waals surface area contributed by atoms with Gasteiger partial charge in [0.25, 0.3) is 0 Å². The number of urea groups is 1. The molecule has 2 N–H and O–H groups in total. The number of anilines is 2. The van der Waals surface area contributed by atoms with Crippen molar-refractivity contribution in [3.05, 3.63) is 18.2 Å². The first-order valence-corrected chi connectivity index (χ1v) is 11.3. The predicted octanol–water partition coefficient (Wildman–Crippen LogP) is 3.02. The van der Waals surface area contributed by atoms with Crippen LogP contribution in [0.1, 0.15) is 45.4 Å². The molecule has 3 unspecified atom stereocenters. The molecule has 1 saturated heterocycles. The Balaban J connectivity index is 1.66. The molecule has 1 heterocycles. The van der Waals surface area contributed by atoms with E-state index in [1.54, 1.807) is 30.2 Å². The Morgan fingerprint density at radius 1 is 1.29 bits per heavy atom. The maximum atomic E-state index is 12.5. The lowest BCUT2D eigenvalue weighted by atomic mass is 9.95. The lowest BCUT2D eigenvalue weighted by Crippen LogP contribution is -2.48. The average molecular weight is 408 g/mol. The first-order chi connectivity index (χ1) is 13.5. The molecule has 1 aromatic rings. The predicted molar refractivity (Wildman–Crippen MR) is 111 cm³/mol. The van der Waals surface area contributed by atoms with Crippen LogP contribution >= 0.6 is 0 Å². The SMILES string of the molecule is CCS(=O)C1CCCCC1NC(=O)Nc1ccc(N2CCCC2=O)c(OC)c1. The fourth-order valence-corrected chi connectivity index (χ4v) is 5.44. The van der Waals surface area contributed by atoms with E-state index < -0.39 is 10.8 Å². The van der Waals surface area contributed by atoms with Crippen molar-refractivity contribution >= 4 is 34.1 Å². The number of benzene rings is 1. The van der Waals surface area contributed by atoms with E-state index in [0.29, 0.717) is 30.2 Å². The van der Waals surface area contributed by atoms with Crippen molar-refractivity contribution in [2.45, 2.75) is 56.7 Å². The number of rotatable bonds is 6. The van der Waals surface area contributed by atoms with Gasteiger partial charge in [-0.05, 0) is 31.4 Å². The Bertz CT molecular complexity index is 755. The molecule has 3 rings (SSSR count). The Kier molecular flexibility index (Phi) is 6.93. The van der Waals surface area contributed by atoms with Crippen LogP contribution in [0.15, 0.2) is 18.2 Å². The quantitative estimate of drug-likeness (QED) is 0.759. The Morgan fingerprint density at radius 2 is 2.07 bits per heavy atom. The number of ether oxygens (including phenoxy) is 1. The third-order valence-corrected chi connectivity index (χ3v) is 7.25. The van der Waals surface area contributed by atoms with Crippen molar-refractivity contribution in [2.75, 3.05) is 29.6 Å². The maximum absolute atomic E-state index is 12.5. The number of nitrogens with zero attached hydrogens (tertiary/aromatic N) is 1. The smallest absolute Gasteiger partial charge is 0.319 e. The van der Waals surface area contributed by atoms with Gasteiger partial charge in [-0.2, -0.15) is 0 Å². The highest BCUT2D eigenvalue weighted by atomic mass is 32.2. The van der Waals surface area contributed by atoms with Crippen LogP contribution in [0.5, 0.6) is 5.75 Å². The second-order valence-corrected chi connectivity index (χ2v) is 9.18. The van der Waals surface area contributed by atoms with Gasteiger partial charge in [-0.15, -0.1) is 0 Å². The zero-order valence-electron chi connectivity index (χ0n) is 16.5. The third kappa shape index (κ3) is 4.66. The molecule has 0 spiro atoms. The minimum atomic E-state index is -0.920. The molecule has 7 nitrogen and oxygen atoms in total. The molecule has 0 radical (unpaired) electrons. The summed E-state index contributed by atoms with van der Waals surface area (Å²) in [7, 11) is 0.632. The van der Waals surface area contributed by atoms with E-state index in [4.69, 9.17) is 4.74 Å². The molecular weight excluding hydrogens is 378 g/mol. The summed E-state index contributed by atoms with van der Waals surface area (Å²) in [5, 5.41) is 5.85. The van der Waals surface area contributed by atoms with Gasteiger partial charge in [-0.25, -0.2) is 4.79 Å². The Morgan fingerprint density at radius 3 is 2.75 bits per heavy atom. The van der Waals surface area contributed by atoms with Crippen LogP contribution in [0, 0.1) is 0 Å². The molecule has 154 valence electrons. The van der Waals surface area contributed by atoms with Gasteiger partial charge in [0, 0.05) is 47.3 Å². The summed E-state index contributed by atoms with van der Waals surface area (Å²) in [6, 6.07) is 4.91. The zero-order chi connectivity index (χ0) is 20.1. The summed E-state index contributed by atoms with van der Waals surface area (Å²) < 4.78 is 17.7. The summed E-state index contributed by atoms with van der Waals surface area (Å²) in [6.45, 7) is 2.60. The molecule has 1 saturated carbocycles. The van der Waals surface area contributed by atoms with E-state index in [2.05, 4.69) is 10.6 Å². The van der Waals surface area contributed by atoms with Crippen LogP contribution in [0.25, 0.3) is 0 Å². The molecule has 3 amide bonds. The normalized spacial score (nSPS) is 23.4. The molecule has 3 atom stereocenters. The number of nitrogens with one attached hydrogen (secondary N) is 2. The first kappa shape index (κ1) is 20.6. The summed E-state index contributed by atoms with van der Waals surface area (Å²) in [6.07, 6.45) is 5.22. The molecular formula is C20H29N3O4S. The first-order valence-electron chi connectivity index (χ1n) is 9.96. The van der Waals surface area contributed by atoms with Crippen molar-refractivity contribution in [1.29, 1.82) is 0 Å². The van der Waals surface area contributed by atoms with Gasteiger partial charge in [0.15, 0.2) is 0 Å². The second-order valence-electron chi connectivity index (χ2n) is 7.23. The number of carbonyl (C=O) groups excluding carboxylic acids is 2. The minimum Gasteiger partial charge on any atom is -0.494 e. The van der Waals surface area contributed by atoms with Crippen LogP contribution in [-0.2, 0) is 15.6 Å². The van der Waals surface area contributed by atoms with Crippen LogP contribution in [-0.4, -0.2) is 46.8 Å². The van der Waals surface area contributed by atoms with Crippen molar-refractivity contribution in [1.82, 2.24) is 5.32 Å². The summed E-state index contributed by atoms with van der Waals surface area (Å²) >= 11 is 0. The molecule has 1 aliphatic heterocycles. The van der Waals surface area contributed by atoms with E-state index in [0.717, 1.165) is 37.8 Å². The number of hydrogen-bond donors (Lipinski definition) is 2. The number of amides is 3. The number of hydrogen-bond acceptors (Lipinski definition) is 4. The van der Waals surface area contributed by atoms with Crippen LogP contribution in [0.4, 0.5) is 16.2 Å². The Labute approximate surface area is 168 Å². The van der Waals surface area contributed by atoms with Gasteiger partial charge < -0.3 is 20.3 Å². The molecule has 8 heteroatoms. The standard InChI is InChI=1S/C20H29N3O4S/c1-3-28(26)18-8-5-4-7-15(18)22-20(25)21-14-10-11-16(17(13-14)27-2)23-12-6-9-19(23)24/h10-11,13,15,18H,3-9,12H2,1-2H3,(H2,21,22,25). The summed E-state index contributed by atoms with van der Waals surface area (Å²) in [5.41, 5.74) is 1.32. The van der Waals surface area contributed by atoms with E-state index in [1.807, 2.05) is 6.92 Å². The van der Waals surface area contributed by atoms with E-state index >= 15 is 0 Å². The van der Waals surface area contributed by atoms with Crippen LogP contribution < -0.4 is 20.3 Å². The lowest BCUT2D eigenvalue weighted by molar-refractivity contribution is -0.117. The van der Waals surface area contributed by atoms with Gasteiger partial charge in [0.2, 0.25) is 5.91 Å². The lowest BCUT2D eigenvalue weighted by Gasteiger charge is -2.31. The molecule has 2 fully saturated rings. The summed E-state index contributed by atoms with van der Waals surface area (Å²) in [4.78, 5) is 26.2. The fraction of sp³-hybridized carbons (Fsp3) is 0.600. The monoisotopic (exact) mass is 407 g/mol. The Hall–Kier alpha value is -2.09. The highest BCUT2D eigenvalue weighted by Crippen LogP contribution is 2.34. The van der Waals surface area contributed by atoms with E-state index in [9.17, 15) is 13.8 Å². The number of carbonyl (C=O) groups is 2. The second kappa shape index (κ2) is 9.41. The van der Waals surface area contributed by atoms with Gasteiger partial charge in [-0.1, -0.05) is 19.8 Å². The van der Waals surface area contributed by atoms with Crippen LogP contribution in [0.2, 0.25) is 0 Å². The molecule has 1 aliphatic carbocycles. The topological polar surface area (TPSA) is 87.7 Å². The van der Waals surface area contributed by atoms with Gasteiger partial charge in [0.05, 0.1) is 18.0 Å². The third-order valence-electron chi connectivity index (χ3n) is 5.44.